The van der Waals surface area contributed by atoms with E-state index in [1.807, 2.05) is 43.3 Å². The number of amides is 2. The quantitative estimate of drug-likeness (QED) is 0.286. The first-order chi connectivity index (χ1) is 15.9. The molecule has 2 aromatic rings. The molecule has 1 aliphatic heterocycles. The number of nitriles is 1. The first-order valence-corrected chi connectivity index (χ1v) is 11.6. The van der Waals surface area contributed by atoms with Gasteiger partial charge in [-0.15, -0.1) is 0 Å². The molecule has 1 saturated heterocycles. The summed E-state index contributed by atoms with van der Waals surface area (Å²) < 4.78 is 0.490. The van der Waals surface area contributed by atoms with Crippen LogP contribution in [0.3, 0.4) is 0 Å². The molecule has 0 spiro atoms. The van der Waals surface area contributed by atoms with Crippen molar-refractivity contribution in [1.29, 1.82) is 5.26 Å². The third-order valence-electron chi connectivity index (χ3n) is 5.27. The van der Waals surface area contributed by atoms with Crippen LogP contribution < -0.4 is 16.0 Å². The molecule has 1 aromatic carbocycles. The molecular weight excluding hydrogens is 484 g/mol. The van der Waals surface area contributed by atoms with Crippen molar-refractivity contribution >= 4 is 39.5 Å². The number of halogens is 1. The Morgan fingerprint density at radius 1 is 1.27 bits per heavy atom. The second kappa shape index (κ2) is 12.3. The molecule has 2 amide bonds. The predicted molar refractivity (Wildman–Crippen MR) is 131 cm³/mol. The number of nitrogens with zero attached hydrogens (tertiary/aromatic N) is 3. The molecule has 1 atom stereocenters. The first-order valence-electron chi connectivity index (χ1n) is 10.8. The lowest BCUT2D eigenvalue weighted by Gasteiger charge is -2.26. The zero-order valence-electron chi connectivity index (χ0n) is 18.5. The van der Waals surface area contributed by atoms with E-state index in [0.717, 1.165) is 31.7 Å². The Hall–Kier alpha value is -3.06. The molecule has 3 rings (SSSR count). The van der Waals surface area contributed by atoms with Gasteiger partial charge in [0.25, 0.3) is 5.91 Å². The minimum atomic E-state index is -0.489. The molecule has 1 aliphatic rings. The maximum absolute atomic E-state index is 12.6. The zero-order valence-corrected chi connectivity index (χ0v) is 20.1. The predicted octanol–water partition coefficient (Wildman–Crippen LogP) is 2.86. The van der Waals surface area contributed by atoms with Crippen molar-refractivity contribution in [1.82, 2.24) is 20.5 Å². The number of rotatable bonds is 8. The lowest BCUT2D eigenvalue weighted by Crippen LogP contribution is -2.44. The highest BCUT2D eigenvalue weighted by Crippen LogP contribution is 2.19. The van der Waals surface area contributed by atoms with Gasteiger partial charge >= 0.3 is 0 Å². The Morgan fingerprint density at radius 3 is 2.70 bits per heavy atom. The third-order valence-corrected chi connectivity index (χ3v) is 5.67. The van der Waals surface area contributed by atoms with Gasteiger partial charge in [0.1, 0.15) is 16.2 Å². The number of anilines is 1. The fourth-order valence-electron chi connectivity index (χ4n) is 3.48. The molecule has 2 heterocycles. The number of aromatic nitrogens is 1. The van der Waals surface area contributed by atoms with Crippen molar-refractivity contribution in [2.75, 3.05) is 38.0 Å². The van der Waals surface area contributed by atoms with Gasteiger partial charge in [0.2, 0.25) is 5.91 Å². The van der Waals surface area contributed by atoms with Crippen molar-refractivity contribution in [2.45, 2.75) is 19.4 Å². The van der Waals surface area contributed by atoms with E-state index < -0.39 is 5.91 Å². The summed E-state index contributed by atoms with van der Waals surface area (Å²) in [5.41, 5.74) is 1.80. The summed E-state index contributed by atoms with van der Waals surface area (Å²) in [5, 5.41) is 18.5. The van der Waals surface area contributed by atoms with E-state index in [4.69, 9.17) is 0 Å². The number of benzene rings is 1. The Kier molecular flexibility index (Phi) is 9.13. The molecule has 172 valence electrons. The van der Waals surface area contributed by atoms with E-state index in [-0.39, 0.29) is 17.5 Å². The van der Waals surface area contributed by atoms with Gasteiger partial charge in [0.05, 0.1) is 11.7 Å². The van der Waals surface area contributed by atoms with Crippen LogP contribution in [0.15, 0.2) is 52.6 Å². The van der Waals surface area contributed by atoms with Crippen LogP contribution in [0.25, 0.3) is 6.08 Å². The highest BCUT2D eigenvalue weighted by atomic mass is 79.9. The summed E-state index contributed by atoms with van der Waals surface area (Å²) >= 11 is 3.33. The average molecular weight is 511 g/mol. The highest BCUT2D eigenvalue weighted by Gasteiger charge is 2.15. The van der Waals surface area contributed by atoms with Crippen LogP contribution in [0.1, 0.15) is 30.6 Å². The lowest BCUT2D eigenvalue weighted by atomic mass is 10.1. The summed E-state index contributed by atoms with van der Waals surface area (Å²) in [6.45, 7) is 6.30. The second-order valence-corrected chi connectivity index (χ2v) is 8.58. The fraction of sp³-hybridized carbons (Fsp3) is 0.333. The fourth-order valence-corrected chi connectivity index (χ4v) is 3.93. The molecule has 9 heteroatoms. The van der Waals surface area contributed by atoms with E-state index in [9.17, 15) is 14.9 Å². The van der Waals surface area contributed by atoms with Gasteiger partial charge in [-0.3, -0.25) is 9.59 Å². The van der Waals surface area contributed by atoms with Gasteiger partial charge in [0.15, 0.2) is 0 Å². The maximum atomic E-state index is 12.6. The van der Waals surface area contributed by atoms with Crippen molar-refractivity contribution in [3.63, 3.8) is 0 Å². The monoisotopic (exact) mass is 510 g/mol. The van der Waals surface area contributed by atoms with Crippen LogP contribution in [0.5, 0.6) is 0 Å². The maximum Gasteiger partial charge on any atom is 0.262 e. The van der Waals surface area contributed by atoms with Crippen LogP contribution in [-0.4, -0.2) is 54.4 Å². The lowest BCUT2D eigenvalue weighted by molar-refractivity contribution is -0.118. The summed E-state index contributed by atoms with van der Waals surface area (Å²) in [5.74, 6) is -0.589. The molecule has 1 unspecified atom stereocenters. The topological polar surface area (TPSA) is 110 Å². The highest BCUT2D eigenvalue weighted by molar-refractivity contribution is 9.10. The van der Waals surface area contributed by atoms with Gasteiger partial charge in [0, 0.05) is 44.8 Å². The molecule has 1 aromatic heterocycles. The number of hydrogen-bond acceptors (Lipinski definition) is 6. The normalized spacial score (nSPS) is 15.4. The molecule has 1 fully saturated rings. The van der Waals surface area contributed by atoms with Crippen molar-refractivity contribution < 1.29 is 9.59 Å². The molecule has 0 aliphatic carbocycles. The third kappa shape index (κ3) is 7.79. The van der Waals surface area contributed by atoms with Crippen molar-refractivity contribution in [3.8, 4) is 6.07 Å². The van der Waals surface area contributed by atoms with Crippen molar-refractivity contribution in [2.24, 2.45) is 0 Å². The molecule has 3 N–H and O–H groups in total. The van der Waals surface area contributed by atoms with Gasteiger partial charge in [-0.2, -0.15) is 5.26 Å². The van der Waals surface area contributed by atoms with Crippen LogP contribution in [0, 0.1) is 11.3 Å². The minimum absolute atomic E-state index is 0.0700. The Balaban J connectivity index is 1.64. The van der Waals surface area contributed by atoms with E-state index in [1.54, 1.807) is 12.1 Å². The van der Waals surface area contributed by atoms with E-state index in [1.165, 1.54) is 6.08 Å². The van der Waals surface area contributed by atoms with E-state index in [0.29, 0.717) is 29.0 Å². The number of piperazine rings is 1. The van der Waals surface area contributed by atoms with Crippen LogP contribution in [-0.2, 0) is 9.59 Å². The smallest absolute Gasteiger partial charge is 0.262 e. The molecule has 0 radical (unpaired) electrons. The molecule has 0 saturated carbocycles. The van der Waals surface area contributed by atoms with Gasteiger partial charge in [-0.05, 0) is 46.6 Å². The summed E-state index contributed by atoms with van der Waals surface area (Å²) in [7, 11) is 0. The largest absolute Gasteiger partial charge is 0.345 e. The molecule has 8 nitrogen and oxygen atoms in total. The number of carbonyl (C=O) groups excluding carboxylic acids is 2. The summed E-state index contributed by atoms with van der Waals surface area (Å²) in [6.07, 6.45) is 1.79. The van der Waals surface area contributed by atoms with Crippen LogP contribution in [0.2, 0.25) is 0 Å². The summed E-state index contributed by atoms with van der Waals surface area (Å²) in [6, 6.07) is 14.5. The molecule has 33 heavy (non-hydrogen) atoms. The number of carbonyl (C=O) groups is 2. The first kappa shape index (κ1) is 24.6. The van der Waals surface area contributed by atoms with E-state index >= 15 is 0 Å². The molecule has 0 bridgehead atoms. The Morgan fingerprint density at radius 2 is 2.00 bits per heavy atom. The van der Waals surface area contributed by atoms with Crippen LogP contribution >= 0.6 is 15.9 Å². The van der Waals surface area contributed by atoms with Crippen LogP contribution in [0.4, 0.5) is 5.69 Å². The molecular formula is C24H27BrN6O2. The Bertz CT molecular complexity index is 1040. The Labute approximate surface area is 202 Å². The summed E-state index contributed by atoms with van der Waals surface area (Å²) in [4.78, 5) is 31.6. The van der Waals surface area contributed by atoms with Gasteiger partial charge < -0.3 is 20.9 Å². The minimum Gasteiger partial charge on any atom is -0.345 e. The van der Waals surface area contributed by atoms with E-state index in [2.05, 4.69) is 41.8 Å². The standard InChI is InChI=1S/C24H27BrN6O2/c1-17(18-5-3-2-4-6-18)28-24(33)19(16-26)13-20-14-21(15-22(25)29-20)30-23(32)7-10-31-11-8-27-9-12-31/h2-6,13-15,17,27H,7-12H2,1H3,(H,28,33)(H,29,30,32). The van der Waals surface area contributed by atoms with Gasteiger partial charge in [-0.1, -0.05) is 30.3 Å². The van der Waals surface area contributed by atoms with Crippen molar-refractivity contribution in [3.05, 3.63) is 63.9 Å². The SMILES string of the molecule is CC(NC(=O)C(C#N)=Cc1cc(NC(=O)CCN2CCNCC2)cc(Br)n1)c1ccccc1. The zero-order chi connectivity index (χ0) is 23.6. The second-order valence-electron chi connectivity index (χ2n) is 7.77. The average Bonchev–Trinajstić information content (AvgIpc) is 2.82. The number of pyridine rings is 1. The number of hydrogen-bond donors (Lipinski definition) is 3. The van der Waals surface area contributed by atoms with Gasteiger partial charge in [-0.25, -0.2) is 4.98 Å². The number of nitrogens with one attached hydrogen (secondary N) is 3.